The molecule has 0 spiro atoms. The number of nitrogens with two attached hydrogens (primary N) is 1. The van der Waals surface area contributed by atoms with Gasteiger partial charge >= 0.3 is 0 Å². The predicted molar refractivity (Wildman–Crippen MR) is 76.4 cm³/mol. The molecule has 0 saturated carbocycles. The lowest BCUT2D eigenvalue weighted by molar-refractivity contribution is 0.100. The number of carbonyl (C=O) groups excluding carboxylic acids is 1. The van der Waals surface area contributed by atoms with Crippen LogP contribution in [0, 0.1) is 0 Å². The highest BCUT2D eigenvalue weighted by Crippen LogP contribution is 2.31. The van der Waals surface area contributed by atoms with E-state index in [9.17, 15) is 4.79 Å². The minimum Gasteiger partial charge on any atom is -0.369 e. The molecule has 2 N–H and O–H groups in total. The van der Waals surface area contributed by atoms with Gasteiger partial charge in [-0.05, 0) is 11.6 Å². The van der Waals surface area contributed by atoms with Crippen molar-refractivity contribution in [2.45, 2.75) is 6.42 Å². The fourth-order valence-electron chi connectivity index (χ4n) is 1.82. The molecule has 1 aromatic heterocycles. The number of rotatable bonds is 4. The number of hydrogen-bond donors (Lipinski definition) is 1. The molecular formula is C14H16N2OS. The average molecular weight is 260 g/mol. The molecule has 18 heavy (non-hydrogen) atoms. The molecule has 0 aliphatic carbocycles. The van der Waals surface area contributed by atoms with Gasteiger partial charge in [0.25, 0.3) is 5.91 Å². The van der Waals surface area contributed by atoms with Crippen molar-refractivity contribution in [3.05, 3.63) is 52.4 Å². The number of primary amides is 1. The van der Waals surface area contributed by atoms with E-state index < -0.39 is 0 Å². The first kappa shape index (κ1) is 12.6. The maximum Gasteiger partial charge on any atom is 0.251 e. The average Bonchev–Trinajstić information content (AvgIpc) is 2.74. The number of nitrogens with zero attached hydrogens (tertiary/aromatic N) is 1. The van der Waals surface area contributed by atoms with E-state index in [1.54, 1.807) is 11.3 Å². The van der Waals surface area contributed by atoms with Gasteiger partial charge in [-0.15, -0.1) is 11.3 Å². The van der Waals surface area contributed by atoms with E-state index in [-0.39, 0.29) is 5.91 Å². The van der Waals surface area contributed by atoms with Crippen LogP contribution in [0.2, 0.25) is 0 Å². The van der Waals surface area contributed by atoms with Gasteiger partial charge in [0, 0.05) is 25.4 Å². The Morgan fingerprint density at radius 3 is 2.44 bits per heavy atom. The second kappa shape index (κ2) is 5.23. The van der Waals surface area contributed by atoms with Crippen molar-refractivity contribution in [1.29, 1.82) is 0 Å². The third-order valence-electron chi connectivity index (χ3n) is 2.66. The Hall–Kier alpha value is -1.81. The van der Waals surface area contributed by atoms with Gasteiger partial charge in [0.15, 0.2) is 0 Å². The Morgan fingerprint density at radius 2 is 1.94 bits per heavy atom. The molecule has 0 aliphatic heterocycles. The third kappa shape index (κ3) is 2.71. The van der Waals surface area contributed by atoms with E-state index in [1.807, 2.05) is 43.3 Å². The maximum atomic E-state index is 11.4. The van der Waals surface area contributed by atoms with E-state index >= 15 is 0 Å². The summed E-state index contributed by atoms with van der Waals surface area (Å²) in [5.41, 5.74) is 7.24. The lowest BCUT2D eigenvalue weighted by Gasteiger charge is -2.10. The van der Waals surface area contributed by atoms with Crippen molar-refractivity contribution >= 4 is 22.2 Å². The molecule has 0 radical (unpaired) electrons. The molecular weight excluding hydrogens is 244 g/mol. The van der Waals surface area contributed by atoms with E-state index in [2.05, 4.69) is 12.1 Å². The molecule has 4 heteroatoms. The van der Waals surface area contributed by atoms with Crippen molar-refractivity contribution in [3.63, 3.8) is 0 Å². The molecule has 0 unspecified atom stereocenters. The van der Waals surface area contributed by atoms with Gasteiger partial charge in [0.1, 0.15) is 5.00 Å². The standard InChI is InChI=1S/C14H16N2OS/c1-16(2)14-12(13(15)17)9-11(18-14)8-10-6-4-3-5-7-10/h3-7,9H,8H2,1-2H3,(H2,15,17). The van der Waals surface area contributed by atoms with Gasteiger partial charge in [-0.2, -0.15) is 0 Å². The van der Waals surface area contributed by atoms with E-state index in [4.69, 9.17) is 5.73 Å². The van der Waals surface area contributed by atoms with Crippen LogP contribution in [0.25, 0.3) is 0 Å². The van der Waals surface area contributed by atoms with Gasteiger partial charge in [0.2, 0.25) is 0 Å². The summed E-state index contributed by atoms with van der Waals surface area (Å²) >= 11 is 1.62. The summed E-state index contributed by atoms with van der Waals surface area (Å²) in [6, 6.07) is 12.1. The highest BCUT2D eigenvalue weighted by Gasteiger charge is 2.15. The maximum absolute atomic E-state index is 11.4. The Kier molecular flexibility index (Phi) is 3.67. The van der Waals surface area contributed by atoms with Crippen LogP contribution < -0.4 is 10.6 Å². The van der Waals surface area contributed by atoms with Crippen molar-refractivity contribution in [2.75, 3.05) is 19.0 Å². The first-order valence-corrected chi connectivity index (χ1v) is 6.53. The molecule has 0 saturated heterocycles. The summed E-state index contributed by atoms with van der Waals surface area (Å²) in [6.45, 7) is 0. The van der Waals surface area contributed by atoms with Crippen LogP contribution in [0.5, 0.6) is 0 Å². The van der Waals surface area contributed by atoms with Crippen molar-refractivity contribution in [2.24, 2.45) is 5.73 Å². The molecule has 2 rings (SSSR count). The third-order valence-corrected chi connectivity index (χ3v) is 3.96. The monoisotopic (exact) mass is 260 g/mol. The van der Waals surface area contributed by atoms with Crippen molar-refractivity contribution in [1.82, 2.24) is 0 Å². The second-order valence-electron chi connectivity index (χ2n) is 4.35. The molecule has 2 aromatic rings. The molecule has 0 aliphatic rings. The number of thiophene rings is 1. The number of hydrogen-bond acceptors (Lipinski definition) is 3. The zero-order valence-electron chi connectivity index (χ0n) is 10.5. The number of benzene rings is 1. The lowest BCUT2D eigenvalue weighted by Crippen LogP contribution is -2.16. The van der Waals surface area contributed by atoms with Crippen LogP contribution in [0.1, 0.15) is 20.8 Å². The van der Waals surface area contributed by atoms with Crippen LogP contribution in [-0.2, 0) is 6.42 Å². The zero-order valence-corrected chi connectivity index (χ0v) is 11.3. The largest absolute Gasteiger partial charge is 0.369 e. The Morgan fingerprint density at radius 1 is 1.28 bits per heavy atom. The summed E-state index contributed by atoms with van der Waals surface area (Å²) in [5, 5.41) is 0.924. The van der Waals surface area contributed by atoms with Crippen LogP contribution in [0.3, 0.4) is 0 Å². The normalized spacial score (nSPS) is 10.3. The first-order valence-electron chi connectivity index (χ1n) is 5.71. The topological polar surface area (TPSA) is 46.3 Å². The van der Waals surface area contributed by atoms with Gasteiger partial charge in [-0.1, -0.05) is 30.3 Å². The highest BCUT2D eigenvalue weighted by molar-refractivity contribution is 7.16. The number of anilines is 1. The summed E-state index contributed by atoms with van der Waals surface area (Å²) < 4.78 is 0. The molecule has 1 heterocycles. The Bertz CT molecular complexity index is 546. The van der Waals surface area contributed by atoms with E-state index in [1.165, 1.54) is 5.56 Å². The molecule has 1 amide bonds. The minimum absolute atomic E-state index is 0.366. The Balaban J connectivity index is 2.30. The van der Waals surface area contributed by atoms with Gasteiger partial charge in [-0.25, -0.2) is 0 Å². The quantitative estimate of drug-likeness (QED) is 0.918. The minimum atomic E-state index is -0.366. The first-order chi connectivity index (χ1) is 8.58. The fourth-order valence-corrected chi connectivity index (χ4v) is 2.94. The Labute approximate surface area is 111 Å². The van der Waals surface area contributed by atoms with E-state index in [0.717, 1.165) is 16.3 Å². The fraction of sp³-hybridized carbons (Fsp3) is 0.214. The second-order valence-corrected chi connectivity index (χ2v) is 5.47. The molecule has 94 valence electrons. The molecule has 0 bridgehead atoms. The van der Waals surface area contributed by atoms with Crippen LogP contribution in [0.15, 0.2) is 36.4 Å². The van der Waals surface area contributed by atoms with Gasteiger partial charge in [-0.3, -0.25) is 4.79 Å². The van der Waals surface area contributed by atoms with E-state index in [0.29, 0.717) is 5.56 Å². The van der Waals surface area contributed by atoms with Crippen molar-refractivity contribution in [3.8, 4) is 0 Å². The highest BCUT2D eigenvalue weighted by atomic mass is 32.1. The van der Waals surface area contributed by atoms with Gasteiger partial charge in [0.05, 0.1) is 5.56 Å². The van der Waals surface area contributed by atoms with Crippen molar-refractivity contribution < 1.29 is 4.79 Å². The summed E-state index contributed by atoms with van der Waals surface area (Å²) in [6.07, 6.45) is 0.833. The van der Waals surface area contributed by atoms with Gasteiger partial charge < -0.3 is 10.6 Å². The molecule has 0 fully saturated rings. The zero-order chi connectivity index (χ0) is 13.1. The summed E-state index contributed by atoms with van der Waals surface area (Å²) in [7, 11) is 3.84. The summed E-state index contributed by atoms with van der Waals surface area (Å²) in [5.74, 6) is -0.366. The SMILES string of the molecule is CN(C)c1sc(Cc2ccccc2)cc1C(N)=O. The predicted octanol–water partition coefficient (Wildman–Crippen LogP) is 2.50. The summed E-state index contributed by atoms with van der Waals surface area (Å²) in [4.78, 5) is 14.5. The molecule has 0 atom stereocenters. The van der Waals surface area contributed by atoms with Crippen LogP contribution >= 0.6 is 11.3 Å². The lowest BCUT2D eigenvalue weighted by atomic mass is 10.1. The molecule has 1 aromatic carbocycles. The number of carbonyl (C=O) groups is 1. The van der Waals surface area contributed by atoms with Crippen LogP contribution in [0.4, 0.5) is 5.00 Å². The smallest absolute Gasteiger partial charge is 0.251 e. The number of amides is 1. The van der Waals surface area contributed by atoms with Crippen LogP contribution in [-0.4, -0.2) is 20.0 Å². The molecule has 3 nitrogen and oxygen atoms in total.